The second-order valence-electron chi connectivity index (χ2n) is 4.19. The predicted molar refractivity (Wildman–Crippen MR) is 76.7 cm³/mol. The van der Waals surface area contributed by atoms with Crippen LogP contribution in [0.25, 0.3) is 0 Å². The minimum atomic E-state index is 0.439. The van der Waals surface area contributed by atoms with Crippen LogP contribution in [0.15, 0.2) is 25.0 Å². The van der Waals surface area contributed by atoms with Crippen molar-refractivity contribution in [2.45, 2.75) is 13.0 Å². The Morgan fingerprint density at radius 2 is 2.26 bits per heavy atom. The minimum absolute atomic E-state index is 0.439. The monoisotopic (exact) mass is 280 g/mol. The van der Waals surface area contributed by atoms with Crippen LogP contribution in [-0.4, -0.2) is 40.2 Å². The number of rotatable bonds is 6. The molecule has 0 spiro atoms. The highest BCUT2D eigenvalue weighted by atomic mass is 35.5. The van der Waals surface area contributed by atoms with Crippen LogP contribution in [0.3, 0.4) is 0 Å². The first-order valence-electron chi connectivity index (χ1n) is 6.07. The summed E-state index contributed by atoms with van der Waals surface area (Å²) in [5, 5.41) is 3.47. The van der Waals surface area contributed by atoms with Crippen molar-refractivity contribution in [3.63, 3.8) is 0 Å². The third-order valence-electron chi connectivity index (χ3n) is 2.86. The lowest BCUT2D eigenvalue weighted by Gasteiger charge is -2.21. The Labute approximate surface area is 117 Å². The normalized spacial score (nSPS) is 10.5. The molecule has 102 valence electrons. The molecular formula is C12H17ClN6. The predicted octanol–water partition coefficient (Wildman–Crippen LogP) is 1.89. The highest BCUT2D eigenvalue weighted by molar-refractivity contribution is 6.32. The van der Waals surface area contributed by atoms with Crippen LogP contribution in [0.1, 0.15) is 6.42 Å². The zero-order chi connectivity index (χ0) is 13.7. The molecule has 2 aromatic heterocycles. The number of nitrogens with zero attached hydrogens (tertiary/aromatic N) is 5. The van der Waals surface area contributed by atoms with E-state index >= 15 is 0 Å². The number of hydrogen-bond donors (Lipinski definition) is 1. The Kier molecular flexibility index (Phi) is 4.57. The van der Waals surface area contributed by atoms with Gasteiger partial charge in [-0.1, -0.05) is 11.6 Å². The van der Waals surface area contributed by atoms with Crippen LogP contribution in [0.2, 0.25) is 5.15 Å². The molecule has 2 rings (SSSR count). The fourth-order valence-corrected chi connectivity index (χ4v) is 2.10. The number of anilines is 2. The molecule has 6 nitrogen and oxygen atoms in total. The Morgan fingerprint density at radius 1 is 1.42 bits per heavy atom. The van der Waals surface area contributed by atoms with Crippen LogP contribution in [0.5, 0.6) is 0 Å². The van der Waals surface area contributed by atoms with Gasteiger partial charge in [-0.2, -0.15) is 0 Å². The van der Waals surface area contributed by atoms with Crippen LogP contribution in [0.4, 0.5) is 11.5 Å². The summed E-state index contributed by atoms with van der Waals surface area (Å²) in [6.07, 6.45) is 8.04. The van der Waals surface area contributed by atoms with E-state index in [0.29, 0.717) is 5.15 Å². The number of aromatic nitrogens is 4. The van der Waals surface area contributed by atoms with Gasteiger partial charge in [-0.15, -0.1) is 0 Å². The molecule has 0 atom stereocenters. The molecule has 0 bridgehead atoms. The second-order valence-corrected chi connectivity index (χ2v) is 4.55. The zero-order valence-corrected chi connectivity index (χ0v) is 11.8. The number of hydrogen-bond acceptors (Lipinski definition) is 5. The highest BCUT2D eigenvalue weighted by Crippen LogP contribution is 2.27. The van der Waals surface area contributed by atoms with Crippen molar-refractivity contribution in [3.05, 3.63) is 30.2 Å². The lowest BCUT2D eigenvalue weighted by Crippen LogP contribution is -2.22. The van der Waals surface area contributed by atoms with Crippen LogP contribution in [0, 0.1) is 0 Å². The summed E-state index contributed by atoms with van der Waals surface area (Å²) in [6.45, 7) is 1.80. The van der Waals surface area contributed by atoms with Crippen molar-refractivity contribution in [2.75, 3.05) is 30.9 Å². The molecule has 2 heterocycles. The summed E-state index contributed by atoms with van der Waals surface area (Å²) in [5.74, 6) is 0.813. The van der Waals surface area contributed by atoms with Gasteiger partial charge in [0.25, 0.3) is 0 Å². The van der Waals surface area contributed by atoms with Gasteiger partial charge in [-0.3, -0.25) is 0 Å². The average molecular weight is 281 g/mol. The average Bonchev–Trinajstić information content (AvgIpc) is 2.91. The van der Waals surface area contributed by atoms with E-state index in [0.717, 1.165) is 31.0 Å². The van der Waals surface area contributed by atoms with Crippen LogP contribution >= 0.6 is 11.6 Å². The molecule has 0 aliphatic rings. The van der Waals surface area contributed by atoms with Gasteiger partial charge in [0.1, 0.15) is 12.0 Å². The van der Waals surface area contributed by atoms with E-state index in [1.54, 1.807) is 6.20 Å². The van der Waals surface area contributed by atoms with Gasteiger partial charge in [0.15, 0.2) is 11.0 Å². The van der Waals surface area contributed by atoms with E-state index in [-0.39, 0.29) is 0 Å². The number of nitrogens with one attached hydrogen (secondary N) is 1. The molecular weight excluding hydrogens is 264 g/mol. The maximum absolute atomic E-state index is 6.04. The van der Waals surface area contributed by atoms with Crippen LogP contribution in [-0.2, 0) is 6.54 Å². The summed E-state index contributed by atoms with van der Waals surface area (Å²) < 4.78 is 2.06. The quantitative estimate of drug-likeness (QED) is 0.819. The molecule has 0 saturated heterocycles. The second kappa shape index (κ2) is 6.38. The first-order chi connectivity index (χ1) is 9.22. The molecule has 0 fully saturated rings. The third-order valence-corrected chi connectivity index (χ3v) is 3.15. The summed E-state index contributed by atoms with van der Waals surface area (Å²) in [4.78, 5) is 14.3. The lowest BCUT2D eigenvalue weighted by molar-refractivity contribution is 0.635. The zero-order valence-electron chi connectivity index (χ0n) is 11.0. The molecule has 0 aliphatic carbocycles. The molecule has 19 heavy (non-hydrogen) atoms. The molecule has 0 amide bonds. The van der Waals surface area contributed by atoms with Crippen molar-refractivity contribution in [2.24, 2.45) is 0 Å². The molecule has 0 aliphatic heterocycles. The number of aryl methyl sites for hydroxylation is 1. The Balaban J connectivity index is 1.96. The number of halogens is 1. The Hall–Kier alpha value is -1.82. The molecule has 0 unspecified atom stereocenters. The fourth-order valence-electron chi connectivity index (χ4n) is 1.88. The van der Waals surface area contributed by atoms with Gasteiger partial charge in [0, 0.05) is 39.6 Å². The topological polar surface area (TPSA) is 58.9 Å². The SMILES string of the molecule is CNc1c(Cl)ncnc1N(C)CCCn1ccnc1. The Morgan fingerprint density at radius 3 is 2.95 bits per heavy atom. The van der Waals surface area contributed by atoms with E-state index in [9.17, 15) is 0 Å². The summed E-state index contributed by atoms with van der Waals surface area (Å²) >= 11 is 6.04. The van der Waals surface area contributed by atoms with Crippen molar-refractivity contribution < 1.29 is 0 Å². The van der Waals surface area contributed by atoms with Gasteiger partial charge in [0.05, 0.1) is 6.33 Å². The maximum Gasteiger partial charge on any atom is 0.157 e. The smallest absolute Gasteiger partial charge is 0.157 e. The van der Waals surface area contributed by atoms with Crippen molar-refractivity contribution >= 4 is 23.1 Å². The van der Waals surface area contributed by atoms with Gasteiger partial charge in [-0.05, 0) is 6.42 Å². The standard InChI is InChI=1S/C12H17ClN6/c1-14-10-11(13)16-8-17-12(10)18(2)5-3-6-19-7-4-15-9-19/h4,7-9,14H,3,5-6H2,1-2H3. The van der Waals surface area contributed by atoms with Gasteiger partial charge < -0.3 is 14.8 Å². The summed E-state index contributed by atoms with van der Waals surface area (Å²) in [7, 11) is 3.81. The van der Waals surface area contributed by atoms with Gasteiger partial charge in [0.2, 0.25) is 0 Å². The molecule has 0 saturated carbocycles. The molecule has 7 heteroatoms. The summed E-state index contributed by atoms with van der Waals surface area (Å²) in [6, 6.07) is 0. The van der Waals surface area contributed by atoms with Crippen LogP contribution < -0.4 is 10.2 Å². The first-order valence-corrected chi connectivity index (χ1v) is 6.45. The molecule has 2 aromatic rings. The van der Waals surface area contributed by atoms with Gasteiger partial charge >= 0.3 is 0 Å². The largest absolute Gasteiger partial charge is 0.383 e. The van der Waals surface area contributed by atoms with Crippen molar-refractivity contribution in [3.8, 4) is 0 Å². The molecule has 0 aromatic carbocycles. The number of imidazole rings is 1. The minimum Gasteiger partial charge on any atom is -0.383 e. The first kappa shape index (κ1) is 13.6. The highest BCUT2D eigenvalue weighted by Gasteiger charge is 2.11. The maximum atomic E-state index is 6.04. The fraction of sp³-hybridized carbons (Fsp3) is 0.417. The van der Waals surface area contributed by atoms with E-state index in [4.69, 9.17) is 11.6 Å². The van der Waals surface area contributed by atoms with E-state index in [1.165, 1.54) is 6.33 Å². The molecule has 1 N–H and O–H groups in total. The van der Waals surface area contributed by atoms with E-state index < -0.39 is 0 Å². The van der Waals surface area contributed by atoms with Gasteiger partial charge in [-0.25, -0.2) is 15.0 Å². The van der Waals surface area contributed by atoms with Crippen molar-refractivity contribution in [1.29, 1.82) is 0 Å². The summed E-state index contributed by atoms with van der Waals surface area (Å²) in [5.41, 5.74) is 0.759. The Bertz CT molecular complexity index is 513. The lowest BCUT2D eigenvalue weighted by atomic mass is 10.3. The third kappa shape index (κ3) is 3.35. The van der Waals surface area contributed by atoms with Crippen molar-refractivity contribution in [1.82, 2.24) is 19.5 Å². The molecule has 0 radical (unpaired) electrons. The van der Waals surface area contributed by atoms with E-state index in [2.05, 4.69) is 29.7 Å². The van der Waals surface area contributed by atoms with E-state index in [1.807, 2.05) is 26.6 Å².